The van der Waals surface area contributed by atoms with E-state index >= 15 is 0 Å². The summed E-state index contributed by atoms with van der Waals surface area (Å²) < 4.78 is 0. The van der Waals surface area contributed by atoms with Crippen molar-refractivity contribution in [1.29, 1.82) is 0 Å². The van der Waals surface area contributed by atoms with Gasteiger partial charge in [0.25, 0.3) is 5.69 Å². The first kappa shape index (κ1) is 12.8. The lowest BCUT2D eigenvalue weighted by Gasteiger charge is -2.04. The van der Waals surface area contributed by atoms with Crippen molar-refractivity contribution < 1.29 is 14.5 Å². The standard InChI is InChI=1S/C11H12N2O4/c1-8(14)6-7-11(15)12-9-4-2-3-5-10(9)13(16)17/h2-5H,6-7H2,1H3,(H,12,15). The van der Waals surface area contributed by atoms with Crippen molar-refractivity contribution in [2.24, 2.45) is 0 Å². The van der Waals surface area contributed by atoms with Crippen molar-refractivity contribution in [3.05, 3.63) is 34.4 Å². The van der Waals surface area contributed by atoms with E-state index in [4.69, 9.17) is 0 Å². The zero-order valence-electron chi connectivity index (χ0n) is 9.30. The Balaban J connectivity index is 2.71. The number of hydrogen-bond acceptors (Lipinski definition) is 4. The highest BCUT2D eigenvalue weighted by molar-refractivity contribution is 5.94. The number of para-hydroxylation sites is 2. The molecule has 6 nitrogen and oxygen atoms in total. The lowest BCUT2D eigenvalue weighted by Crippen LogP contribution is -2.13. The first-order valence-corrected chi connectivity index (χ1v) is 5.03. The molecule has 0 spiro atoms. The van der Waals surface area contributed by atoms with Crippen LogP contribution in [-0.2, 0) is 9.59 Å². The van der Waals surface area contributed by atoms with Crippen LogP contribution in [0.5, 0.6) is 0 Å². The van der Waals surface area contributed by atoms with Gasteiger partial charge in [0, 0.05) is 18.9 Å². The number of Topliss-reactive ketones (excluding diaryl/α,β-unsaturated/α-hetero) is 1. The van der Waals surface area contributed by atoms with Crippen LogP contribution in [0.15, 0.2) is 24.3 Å². The maximum atomic E-state index is 11.4. The lowest BCUT2D eigenvalue weighted by atomic mass is 10.2. The highest BCUT2D eigenvalue weighted by Crippen LogP contribution is 2.23. The van der Waals surface area contributed by atoms with E-state index in [2.05, 4.69) is 5.32 Å². The number of benzene rings is 1. The number of carbonyl (C=O) groups excluding carboxylic acids is 2. The Morgan fingerprint density at radius 1 is 1.29 bits per heavy atom. The van der Waals surface area contributed by atoms with Crippen LogP contribution < -0.4 is 5.32 Å². The van der Waals surface area contributed by atoms with E-state index in [0.29, 0.717) is 0 Å². The van der Waals surface area contributed by atoms with Gasteiger partial charge in [-0.3, -0.25) is 14.9 Å². The first-order valence-electron chi connectivity index (χ1n) is 5.03. The fourth-order valence-corrected chi connectivity index (χ4v) is 1.24. The summed E-state index contributed by atoms with van der Waals surface area (Å²) in [5.41, 5.74) is -0.0188. The second-order valence-electron chi connectivity index (χ2n) is 3.52. The number of nitro groups is 1. The Bertz CT molecular complexity index is 457. The number of amides is 1. The molecule has 0 heterocycles. The average Bonchev–Trinajstić information content (AvgIpc) is 2.27. The Labute approximate surface area is 97.8 Å². The van der Waals surface area contributed by atoms with Crippen LogP contribution in [0.25, 0.3) is 0 Å². The maximum Gasteiger partial charge on any atom is 0.292 e. The second-order valence-corrected chi connectivity index (χ2v) is 3.52. The van der Waals surface area contributed by atoms with Gasteiger partial charge in [-0.2, -0.15) is 0 Å². The SMILES string of the molecule is CC(=O)CCC(=O)Nc1ccccc1[N+](=O)[O-]. The third kappa shape index (κ3) is 4.02. The molecular formula is C11H12N2O4. The molecule has 0 radical (unpaired) electrons. The predicted molar refractivity (Wildman–Crippen MR) is 61.6 cm³/mol. The zero-order chi connectivity index (χ0) is 12.8. The van der Waals surface area contributed by atoms with Gasteiger partial charge in [-0.25, -0.2) is 0 Å². The van der Waals surface area contributed by atoms with Crippen LogP contribution >= 0.6 is 0 Å². The van der Waals surface area contributed by atoms with Gasteiger partial charge in [0.05, 0.1) is 4.92 Å². The topological polar surface area (TPSA) is 89.3 Å². The smallest absolute Gasteiger partial charge is 0.292 e. The predicted octanol–water partition coefficient (Wildman–Crippen LogP) is 1.90. The molecule has 6 heteroatoms. The van der Waals surface area contributed by atoms with Gasteiger partial charge in [0.2, 0.25) is 5.91 Å². The molecule has 0 atom stereocenters. The van der Waals surface area contributed by atoms with E-state index in [1.807, 2.05) is 0 Å². The first-order chi connectivity index (χ1) is 8.00. The van der Waals surface area contributed by atoms with Crippen LogP contribution in [0.1, 0.15) is 19.8 Å². The Kier molecular flexibility index (Phi) is 4.33. The molecule has 0 bridgehead atoms. The molecule has 1 aromatic rings. The number of nitrogens with one attached hydrogen (secondary N) is 1. The van der Waals surface area contributed by atoms with Crippen molar-refractivity contribution >= 4 is 23.1 Å². The monoisotopic (exact) mass is 236 g/mol. The minimum absolute atomic E-state index is 0.0291. The molecule has 0 fully saturated rings. The van der Waals surface area contributed by atoms with E-state index in [0.717, 1.165) is 0 Å². The van der Waals surface area contributed by atoms with Gasteiger partial charge < -0.3 is 10.1 Å². The number of nitrogens with zero attached hydrogens (tertiary/aromatic N) is 1. The number of hydrogen-bond donors (Lipinski definition) is 1. The van der Waals surface area contributed by atoms with Gasteiger partial charge in [0.1, 0.15) is 11.5 Å². The van der Waals surface area contributed by atoms with Crippen LogP contribution in [0.3, 0.4) is 0 Å². The second kappa shape index (κ2) is 5.74. The molecule has 1 amide bonds. The summed E-state index contributed by atoms with van der Waals surface area (Å²) in [6, 6.07) is 5.86. The number of ketones is 1. The summed E-state index contributed by atoms with van der Waals surface area (Å²) in [5.74, 6) is -0.503. The van der Waals surface area contributed by atoms with E-state index in [9.17, 15) is 19.7 Å². The summed E-state index contributed by atoms with van der Waals surface area (Å²) in [7, 11) is 0. The summed E-state index contributed by atoms with van der Waals surface area (Å²) in [6.45, 7) is 1.39. The quantitative estimate of drug-likeness (QED) is 0.624. The van der Waals surface area contributed by atoms with Gasteiger partial charge in [-0.1, -0.05) is 12.1 Å². The molecule has 0 saturated carbocycles. The van der Waals surface area contributed by atoms with Crippen molar-refractivity contribution in [2.75, 3.05) is 5.32 Å². The van der Waals surface area contributed by atoms with E-state index in [1.54, 1.807) is 6.07 Å². The lowest BCUT2D eigenvalue weighted by molar-refractivity contribution is -0.383. The molecule has 0 aliphatic heterocycles. The Morgan fingerprint density at radius 3 is 2.53 bits per heavy atom. The molecule has 1 N–H and O–H groups in total. The third-order valence-corrected chi connectivity index (χ3v) is 2.08. The molecule has 1 aromatic carbocycles. The molecule has 0 unspecified atom stereocenters. The number of anilines is 1. The van der Waals surface area contributed by atoms with Crippen LogP contribution in [-0.4, -0.2) is 16.6 Å². The summed E-state index contributed by atoms with van der Waals surface area (Å²) in [5, 5.41) is 13.1. The maximum absolute atomic E-state index is 11.4. The van der Waals surface area contributed by atoms with Gasteiger partial charge >= 0.3 is 0 Å². The molecular weight excluding hydrogens is 224 g/mol. The van der Waals surface area contributed by atoms with Gasteiger partial charge in [-0.15, -0.1) is 0 Å². The number of nitro benzene ring substituents is 1. The highest BCUT2D eigenvalue weighted by atomic mass is 16.6. The van der Waals surface area contributed by atoms with Crippen LogP contribution in [0.2, 0.25) is 0 Å². The van der Waals surface area contributed by atoms with Gasteiger partial charge in [0.15, 0.2) is 0 Å². The molecule has 90 valence electrons. The largest absolute Gasteiger partial charge is 0.320 e. The minimum Gasteiger partial charge on any atom is -0.320 e. The number of rotatable bonds is 5. The van der Waals surface area contributed by atoms with Crippen molar-refractivity contribution in [1.82, 2.24) is 0 Å². The average molecular weight is 236 g/mol. The molecule has 17 heavy (non-hydrogen) atoms. The molecule has 0 aliphatic carbocycles. The number of carbonyl (C=O) groups is 2. The van der Waals surface area contributed by atoms with E-state index in [1.165, 1.54) is 25.1 Å². The highest BCUT2D eigenvalue weighted by Gasteiger charge is 2.14. The Hall–Kier alpha value is -2.24. The fourth-order valence-electron chi connectivity index (χ4n) is 1.24. The molecule has 0 aliphatic rings. The fraction of sp³-hybridized carbons (Fsp3) is 0.273. The van der Waals surface area contributed by atoms with Crippen LogP contribution in [0.4, 0.5) is 11.4 Å². The van der Waals surface area contributed by atoms with Crippen LogP contribution in [0, 0.1) is 10.1 Å². The van der Waals surface area contributed by atoms with Crippen molar-refractivity contribution in [3.8, 4) is 0 Å². The van der Waals surface area contributed by atoms with E-state index < -0.39 is 10.8 Å². The molecule has 0 saturated heterocycles. The van der Waals surface area contributed by atoms with E-state index in [-0.39, 0.29) is 30.0 Å². The van der Waals surface area contributed by atoms with Crippen molar-refractivity contribution in [2.45, 2.75) is 19.8 Å². The van der Waals surface area contributed by atoms with Gasteiger partial charge in [-0.05, 0) is 13.0 Å². The van der Waals surface area contributed by atoms with Crippen molar-refractivity contribution in [3.63, 3.8) is 0 Å². The zero-order valence-corrected chi connectivity index (χ0v) is 9.30. The summed E-state index contributed by atoms with van der Waals surface area (Å²) in [6.07, 6.45) is 0.161. The molecule has 1 rings (SSSR count). The minimum atomic E-state index is -0.569. The summed E-state index contributed by atoms with van der Waals surface area (Å²) >= 11 is 0. The normalized spacial score (nSPS) is 9.71. The molecule has 0 aromatic heterocycles. The Morgan fingerprint density at radius 2 is 1.94 bits per heavy atom. The third-order valence-electron chi connectivity index (χ3n) is 2.08. The summed E-state index contributed by atoms with van der Waals surface area (Å²) in [4.78, 5) is 32.2.